The van der Waals surface area contributed by atoms with Crippen molar-refractivity contribution >= 4 is 47.1 Å². The summed E-state index contributed by atoms with van der Waals surface area (Å²) >= 11 is 11.9. The van der Waals surface area contributed by atoms with Crippen LogP contribution in [-0.4, -0.2) is 43.6 Å². The van der Waals surface area contributed by atoms with Crippen molar-refractivity contribution in [3.8, 4) is 0 Å². The fourth-order valence-electron chi connectivity index (χ4n) is 1.62. The van der Waals surface area contributed by atoms with Gasteiger partial charge < -0.3 is 15.8 Å². The van der Waals surface area contributed by atoms with Gasteiger partial charge in [-0.25, -0.2) is 4.79 Å². The smallest absolute Gasteiger partial charge is 0.414 e. The van der Waals surface area contributed by atoms with Crippen molar-refractivity contribution < 1.29 is 19.1 Å². The van der Waals surface area contributed by atoms with Gasteiger partial charge >= 0.3 is 6.09 Å². The van der Waals surface area contributed by atoms with E-state index in [1.807, 2.05) is 5.32 Å². The Kier molecular flexibility index (Phi) is 8.68. The molecule has 0 spiro atoms. The van der Waals surface area contributed by atoms with E-state index in [9.17, 15) is 14.4 Å². The maximum Gasteiger partial charge on any atom is 0.414 e. The van der Waals surface area contributed by atoms with Crippen LogP contribution in [0.3, 0.4) is 0 Å². The number of nitrogens with two attached hydrogens (primary N) is 1. The molecular formula is C14H17Cl2N5O4. The van der Waals surface area contributed by atoms with Gasteiger partial charge in [0.2, 0.25) is 17.8 Å². The van der Waals surface area contributed by atoms with Crippen molar-refractivity contribution in [1.29, 1.82) is 5.41 Å². The largest absolute Gasteiger partial charge is 0.447 e. The molecule has 136 valence electrons. The number of nitrogens with one attached hydrogen (secondary N) is 4. The monoisotopic (exact) mass is 389 g/mol. The lowest BCUT2D eigenvalue weighted by Gasteiger charge is -2.10. The molecule has 1 aromatic carbocycles. The molecule has 0 saturated heterocycles. The van der Waals surface area contributed by atoms with Gasteiger partial charge in [0, 0.05) is 10.0 Å². The Hall–Kier alpha value is -2.36. The summed E-state index contributed by atoms with van der Waals surface area (Å²) in [5, 5.41) is 14.7. The summed E-state index contributed by atoms with van der Waals surface area (Å²) in [6.07, 6.45) is -1.12. The predicted molar refractivity (Wildman–Crippen MR) is 92.6 cm³/mol. The van der Waals surface area contributed by atoms with Crippen LogP contribution < -0.4 is 21.7 Å². The highest BCUT2D eigenvalue weighted by molar-refractivity contribution is 6.36. The molecule has 1 rings (SSSR count). The van der Waals surface area contributed by atoms with Crippen LogP contribution >= 0.6 is 23.2 Å². The van der Waals surface area contributed by atoms with Gasteiger partial charge in [-0.2, -0.15) is 0 Å². The number of halogens is 2. The van der Waals surface area contributed by atoms with Crippen molar-refractivity contribution in [3.05, 3.63) is 33.8 Å². The second-order valence-corrected chi connectivity index (χ2v) is 5.43. The Morgan fingerprint density at radius 1 is 1.12 bits per heavy atom. The average Bonchev–Trinajstić information content (AvgIpc) is 2.54. The topological polar surface area (TPSA) is 146 Å². The van der Waals surface area contributed by atoms with E-state index < -0.39 is 18.0 Å². The molecule has 0 atom stereocenters. The molecule has 25 heavy (non-hydrogen) atoms. The number of alkyl carbamates (subject to hydrolysis) is 1. The lowest BCUT2D eigenvalue weighted by Crippen LogP contribution is -2.44. The molecule has 0 radical (unpaired) electrons. The quantitative estimate of drug-likeness (QED) is 0.271. The zero-order chi connectivity index (χ0) is 18.8. The van der Waals surface area contributed by atoms with Gasteiger partial charge in [0.25, 0.3) is 0 Å². The van der Waals surface area contributed by atoms with Gasteiger partial charge in [0.1, 0.15) is 6.61 Å². The van der Waals surface area contributed by atoms with Crippen LogP contribution in [-0.2, 0) is 20.7 Å². The van der Waals surface area contributed by atoms with E-state index in [0.29, 0.717) is 15.6 Å². The van der Waals surface area contributed by atoms with E-state index >= 15 is 0 Å². The van der Waals surface area contributed by atoms with Gasteiger partial charge in [-0.1, -0.05) is 29.3 Å². The first-order valence-corrected chi connectivity index (χ1v) is 7.81. The highest BCUT2D eigenvalue weighted by Crippen LogP contribution is 2.24. The number of guanidine groups is 1. The van der Waals surface area contributed by atoms with Gasteiger partial charge in [-0.05, 0) is 17.7 Å². The Labute approximate surface area is 153 Å². The van der Waals surface area contributed by atoms with Gasteiger partial charge in [-0.3, -0.25) is 25.6 Å². The fourth-order valence-corrected chi connectivity index (χ4v) is 2.15. The summed E-state index contributed by atoms with van der Waals surface area (Å²) in [5.41, 5.74) is 5.49. The molecular weight excluding hydrogens is 373 g/mol. The van der Waals surface area contributed by atoms with E-state index in [2.05, 4.69) is 10.6 Å². The molecule has 0 aliphatic heterocycles. The molecule has 0 unspecified atom stereocenters. The van der Waals surface area contributed by atoms with Crippen molar-refractivity contribution in [1.82, 2.24) is 16.0 Å². The average molecular weight is 390 g/mol. The lowest BCUT2D eigenvalue weighted by molar-refractivity contribution is -0.120. The van der Waals surface area contributed by atoms with Crippen LogP contribution in [0.5, 0.6) is 0 Å². The van der Waals surface area contributed by atoms with Crippen molar-refractivity contribution in [2.75, 3.05) is 19.7 Å². The Morgan fingerprint density at radius 2 is 1.76 bits per heavy atom. The normalized spacial score (nSPS) is 9.88. The first-order chi connectivity index (χ1) is 11.8. The van der Waals surface area contributed by atoms with E-state index in [0.717, 1.165) is 0 Å². The third-order valence-corrected chi connectivity index (χ3v) is 3.44. The number of benzene rings is 1. The lowest BCUT2D eigenvalue weighted by atomic mass is 10.1. The van der Waals surface area contributed by atoms with Crippen LogP contribution in [0.15, 0.2) is 18.2 Å². The third kappa shape index (κ3) is 7.84. The predicted octanol–water partition coefficient (Wildman–Crippen LogP) is 0.388. The van der Waals surface area contributed by atoms with Gasteiger partial charge in [0.15, 0.2) is 0 Å². The molecule has 0 saturated carbocycles. The molecule has 0 bridgehead atoms. The van der Waals surface area contributed by atoms with Crippen LogP contribution in [0.25, 0.3) is 0 Å². The van der Waals surface area contributed by atoms with Crippen molar-refractivity contribution in [2.45, 2.75) is 6.42 Å². The van der Waals surface area contributed by atoms with Gasteiger partial charge in [-0.15, -0.1) is 0 Å². The van der Waals surface area contributed by atoms with E-state index in [1.165, 1.54) is 0 Å². The number of carbonyl (C=O) groups is 3. The summed E-state index contributed by atoms with van der Waals surface area (Å²) in [4.78, 5) is 34.1. The number of hydrogen-bond donors (Lipinski definition) is 5. The molecule has 3 amide bonds. The summed E-state index contributed by atoms with van der Waals surface area (Å²) in [7, 11) is 0. The van der Waals surface area contributed by atoms with Crippen LogP contribution in [0, 0.1) is 5.41 Å². The van der Waals surface area contributed by atoms with Crippen LogP contribution in [0.2, 0.25) is 10.0 Å². The molecule has 0 fully saturated rings. The second-order valence-electron chi connectivity index (χ2n) is 4.62. The number of amides is 3. The highest BCUT2D eigenvalue weighted by Gasteiger charge is 2.13. The molecule has 1 aromatic rings. The van der Waals surface area contributed by atoms with E-state index in [-0.39, 0.29) is 32.0 Å². The molecule has 0 aliphatic carbocycles. The molecule has 0 heterocycles. The van der Waals surface area contributed by atoms with Crippen LogP contribution in [0.4, 0.5) is 4.79 Å². The summed E-state index contributed by atoms with van der Waals surface area (Å²) in [6, 6.07) is 4.81. The van der Waals surface area contributed by atoms with Crippen molar-refractivity contribution in [3.63, 3.8) is 0 Å². The van der Waals surface area contributed by atoms with E-state index in [1.54, 1.807) is 18.2 Å². The Morgan fingerprint density at radius 3 is 2.36 bits per heavy atom. The minimum atomic E-state index is -0.955. The molecule has 11 heteroatoms. The number of rotatable bonds is 6. The molecule has 6 N–H and O–H groups in total. The van der Waals surface area contributed by atoms with E-state index in [4.69, 9.17) is 39.1 Å². The minimum Gasteiger partial charge on any atom is -0.447 e. The van der Waals surface area contributed by atoms with Crippen molar-refractivity contribution in [2.24, 2.45) is 5.73 Å². The first kappa shape index (κ1) is 20.7. The molecule has 0 aliphatic rings. The van der Waals surface area contributed by atoms with Gasteiger partial charge in [0.05, 0.1) is 19.5 Å². The first-order valence-electron chi connectivity index (χ1n) is 7.05. The zero-order valence-corrected chi connectivity index (χ0v) is 14.5. The maximum atomic E-state index is 11.9. The highest BCUT2D eigenvalue weighted by atomic mass is 35.5. The summed E-state index contributed by atoms with van der Waals surface area (Å²) in [5.74, 6) is -1.54. The fraction of sp³-hybridized carbons (Fsp3) is 0.286. The van der Waals surface area contributed by atoms with Crippen LogP contribution in [0.1, 0.15) is 5.56 Å². The Bertz CT molecular complexity index is 648. The third-order valence-electron chi connectivity index (χ3n) is 2.73. The standard InChI is InChI=1S/C14H17Cl2N5O4/c15-9-2-1-3-10(16)8(9)6-11(22)20-13(18)21-14(24)25-5-4-19-12(23)7-17/h1-3H,4-7,17H2,(H,19,23)(H3,18,20,21,22,24). The molecule has 9 nitrogen and oxygen atoms in total. The molecule has 0 aromatic heterocycles. The SMILES string of the molecule is N=C(NC(=O)Cc1c(Cl)cccc1Cl)NC(=O)OCCNC(=O)CN. The maximum absolute atomic E-state index is 11.9. The summed E-state index contributed by atoms with van der Waals surface area (Å²) < 4.78 is 4.71. The zero-order valence-electron chi connectivity index (χ0n) is 13.0. The second kappa shape index (κ2) is 10.5. The number of carbonyl (C=O) groups excluding carboxylic acids is 3. The number of ether oxygens (including phenoxy) is 1. The number of hydrogen-bond acceptors (Lipinski definition) is 6. The minimum absolute atomic E-state index is 0.0775. The summed E-state index contributed by atoms with van der Waals surface area (Å²) in [6.45, 7) is -0.208. The Balaban J connectivity index is 2.34.